The Morgan fingerprint density at radius 3 is 2.89 bits per heavy atom. The number of hydrogen-bond donors (Lipinski definition) is 1. The number of rotatable bonds is 9. The van der Waals surface area contributed by atoms with Crippen LogP contribution in [0.4, 0.5) is 0 Å². The second-order valence-corrected chi connectivity index (χ2v) is 5.28. The van der Waals surface area contributed by atoms with Gasteiger partial charge < -0.3 is 24.3 Å². The van der Waals surface area contributed by atoms with Gasteiger partial charge in [-0.2, -0.15) is 0 Å². The number of methoxy groups -OCH3 is 1. The first-order valence-corrected chi connectivity index (χ1v) is 7.42. The lowest BCUT2D eigenvalue weighted by molar-refractivity contribution is -0.170. The fourth-order valence-corrected chi connectivity index (χ4v) is 2.60. The predicted molar refractivity (Wildman–Crippen MR) is 72.4 cm³/mol. The van der Waals surface area contributed by atoms with Crippen molar-refractivity contribution in [2.45, 2.75) is 50.5 Å². The van der Waals surface area contributed by atoms with Crippen LogP contribution < -0.4 is 5.32 Å². The van der Waals surface area contributed by atoms with Crippen LogP contribution >= 0.6 is 0 Å². The molecule has 1 aliphatic carbocycles. The molecular formula is C14H27NO4. The molecule has 0 aromatic rings. The molecule has 0 bridgehead atoms. The van der Waals surface area contributed by atoms with Crippen molar-refractivity contribution in [3.63, 3.8) is 0 Å². The lowest BCUT2D eigenvalue weighted by Gasteiger charge is -2.45. The maximum Gasteiger partial charge on any atom is 0.0991 e. The van der Waals surface area contributed by atoms with Crippen LogP contribution in [0.3, 0.4) is 0 Å². The van der Waals surface area contributed by atoms with E-state index in [2.05, 4.69) is 12.2 Å². The molecule has 1 aliphatic heterocycles. The van der Waals surface area contributed by atoms with Gasteiger partial charge >= 0.3 is 0 Å². The van der Waals surface area contributed by atoms with E-state index in [9.17, 15) is 0 Å². The average Bonchev–Trinajstić information content (AvgIpc) is 2.91. The third-order valence-electron chi connectivity index (χ3n) is 3.76. The Kier molecular flexibility index (Phi) is 6.53. The summed E-state index contributed by atoms with van der Waals surface area (Å²) in [6.45, 7) is 6.03. The highest BCUT2D eigenvalue weighted by molar-refractivity contribution is 4.98. The number of nitrogens with one attached hydrogen (secondary N) is 1. The van der Waals surface area contributed by atoms with E-state index >= 15 is 0 Å². The standard InChI is InChI=1S/C14H27NO4/c1-3-5-15-12-9-13(14(12)18-8-7-16-2)19-11-4-6-17-10-11/h11-15H,3-10H2,1-2H3. The Balaban J connectivity index is 1.73. The quantitative estimate of drug-likeness (QED) is 0.634. The summed E-state index contributed by atoms with van der Waals surface area (Å²) in [5, 5.41) is 3.52. The smallest absolute Gasteiger partial charge is 0.0991 e. The summed E-state index contributed by atoms with van der Waals surface area (Å²) >= 11 is 0. The number of ether oxygens (including phenoxy) is 4. The molecule has 112 valence electrons. The molecule has 2 aliphatic rings. The zero-order valence-corrected chi connectivity index (χ0v) is 12.1. The van der Waals surface area contributed by atoms with Gasteiger partial charge in [0.1, 0.15) is 0 Å². The molecule has 0 aromatic carbocycles. The van der Waals surface area contributed by atoms with Gasteiger partial charge in [0.2, 0.25) is 0 Å². The lowest BCUT2D eigenvalue weighted by Crippen LogP contribution is -2.61. The summed E-state index contributed by atoms with van der Waals surface area (Å²) < 4.78 is 22.4. The lowest BCUT2D eigenvalue weighted by atomic mass is 9.85. The van der Waals surface area contributed by atoms with Crippen molar-refractivity contribution in [3.05, 3.63) is 0 Å². The van der Waals surface area contributed by atoms with E-state index < -0.39 is 0 Å². The highest BCUT2D eigenvalue weighted by atomic mass is 16.6. The summed E-state index contributed by atoms with van der Waals surface area (Å²) in [6, 6.07) is 0.420. The van der Waals surface area contributed by atoms with Crippen LogP contribution in [-0.4, -0.2) is 64.4 Å². The van der Waals surface area contributed by atoms with E-state index in [1.165, 1.54) is 0 Å². The molecule has 0 radical (unpaired) electrons. The van der Waals surface area contributed by atoms with E-state index in [0.717, 1.165) is 39.0 Å². The van der Waals surface area contributed by atoms with Crippen LogP contribution in [0.5, 0.6) is 0 Å². The van der Waals surface area contributed by atoms with Gasteiger partial charge in [0, 0.05) is 19.8 Å². The van der Waals surface area contributed by atoms with Gasteiger partial charge in [0.25, 0.3) is 0 Å². The fourth-order valence-electron chi connectivity index (χ4n) is 2.60. The Morgan fingerprint density at radius 2 is 2.21 bits per heavy atom. The normalized spacial score (nSPS) is 34.4. The Hall–Kier alpha value is -0.200. The minimum absolute atomic E-state index is 0.155. The number of hydrogen-bond acceptors (Lipinski definition) is 5. The molecule has 0 spiro atoms. The SMILES string of the molecule is CCCNC1CC(OC2CCOC2)C1OCCOC. The zero-order chi connectivity index (χ0) is 13.5. The van der Waals surface area contributed by atoms with Gasteiger partial charge in [0.15, 0.2) is 0 Å². The van der Waals surface area contributed by atoms with Crippen molar-refractivity contribution < 1.29 is 18.9 Å². The monoisotopic (exact) mass is 273 g/mol. The molecule has 1 heterocycles. The molecule has 0 amide bonds. The third-order valence-corrected chi connectivity index (χ3v) is 3.76. The summed E-state index contributed by atoms with van der Waals surface area (Å²) in [7, 11) is 1.70. The molecule has 1 saturated carbocycles. The van der Waals surface area contributed by atoms with Crippen LogP contribution in [0.1, 0.15) is 26.2 Å². The first-order valence-electron chi connectivity index (χ1n) is 7.42. The van der Waals surface area contributed by atoms with Gasteiger partial charge in [-0.1, -0.05) is 6.92 Å². The molecule has 2 rings (SSSR count). The van der Waals surface area contributed by atoms with E-state index in [-0.39, 0.29) is 18.3 Å². The van der Waals surface area contributed by atoms with E-state index in [0.29, 0.717) is 19.3 Å². The van der Waals surface area contributed by atoms with Crippen LogP contribution in [0.15, 0.2) is 0 Å². The molecule has 2 fully saturated rings. The molecule has 4 atom stereocenters. The Morgan fingerprint density at radius 1 is 1.32 bits per heavy atom. The van der Waals surface area contributed by atoms with Gasteiger partial charge in [-0.25, -0.2) is 0 Å². The van der Waals surface area contributed by atoms with Crippen LogP contribution in [0, 0.1) is 0 Å². The minimum atomic E-state index is 0.155. The van der Waals surface area contributed by atoms with E-state index in [4.69, 9.17) is 18.9 Å². The van der Waals surface area contributed by atoms with Crippen molar-refractivity contribution in [1.29, 1.82) is 0 Å². The summed E-state index contributed by atoms with van der Waals surface area (Å²) in [5.74, 6) is 0. The fraction of sp³-hybridized carbons (Fsp3) is 1.00. The zero-order valence-electron chi connectivity index (χ0n) is 12.1. The molecule has 4 unspecified atom stereocenters. The van der Waals surface area contributed by atoms with E-state index in [1.807, 2.05) is 0 Å². The van der Waals surface area contributed by atoms with Crippen molar-refractivity contribution in [2.24, 2.45) is 0 Å². The van der Waals surface area contributed by atoms with Crippen LogP contribution in [0.2, 0.25) is 0 Å². The van der Waals surface area contributed by atoms with Gasteiger partial charge in [-0.3, -0.25) is 0 Å². The predicted octanol–water partition coefficient (Wildman–Crippen LogP) is 0.964. The van der Waals surface area contributed by atoms with Crippen molar-refractivity contribution in [1.82, 2.24) is 5.32 Å². The molecular weight excluding hydrogens is 246 g/mol. The molecule has 1 saturated heterocycles. The summed E-state index contributed by atoms with van der Waals surface area (Å²) in [5.41, 5.74) is 0. The first-order chi connectivity index (χ1) is 9.35. The summed E-state index contributed by atoms with van der Waals surface area (Å²) in [4.78, 5) is 0. The van der Waals surface area contributed by atoms with Gasteiger partial charge in [-0.05, 0) is 25.8 Å². The first kappa shape index (κ1) is 15.2. The Bertz CT molecular complexity index is 246. The molecule has 19 heavy (non-hydrogen) atoms. The van der Waals surface area contributed by atoms with E-state index in [1.54, 1.807) is 7.11 Å². The van der Waals surface area contributed by atoms with Crippen LogP contribution in [-0.2, 0) is 18.9 Å². The molecule has 1 N–H and O–H groups in total. The average molecular weight is 273 g/mol. The Labute approximate surface area is 115 Å². The minimum Gasteiger partial charge on any atom is -0.382 e. The molecule has 5 heteroatoms. The third kappa shape index (κ3) is 4.39. The summed E-state index contributed by atoms with van der Waals surface area (Å²) in [6.07, 6.45) is 3.80. The maximum absolute atomic E-state index is 6.07. The maximum atomic E-state index is 6.07. The van der Waals surface area contributed by atoms with Crippen molar-refractivity contribution in [2.75, 3.05) is 40.1 Å². The largest absolute Gasteiger partial charge is 0.382 e. The van der Waals surface area contributed by atoms with Crippen molar-refractivity contribution in [3.8, 4) is 0 Å². The molecule has 0 aromatic heterocycles. The topological polar surface area (TPSA) is 49.0 Å². The van der Waals surface area contributed by atoms with Gasteiger partial charge in [-0.15, -0.1) is 0 Å². The molecule has 5 nitrogen and oxygen atoms in total. The second-order valence-electron chi connectivity index (χ2n) is 5.28. The van der Waals surface area contributed by atoms with Gasteiger partial charge in [0.05, 0.1) is 38.1 Å². The highest BCUT2D eigenvalue weighted by Gasteiger charge is 2.43. The van der Waals surface area contributed by atoms with Crippen LogP contribution in [0.25, 0.3) is 0 Å². The van der Waals surface area contributed by atoms with Crippen molar-refractivity contribution >= 4 is 0 Å². The second kappa shape index (κ2) is 8.17. The highest BCUT2D eigenvalue weighted by Crippen LogP contribution is 2.29.